The minimum Gasteiger partial charge on any atom is -0.368 e. The first-order valence-corrected chi connectivity index (χ1v) is 8.41. The molecular formula is C14H22ClN3S. The van der Waals surface area contributed by atoms with E-state index < -0.39 is 0 Å². The second-order valence-electron chi connectivity index (χ2n) is 5.60. The number of rotatable bonds is 5. The van der Waals surface area contributed by atoms with Crippen LogP contribution in [0.2, 0.25) is 5.15 Å². The van der Waals surface area contributed by atoms with Gasteiger partial charge < -0.3 is 5.32 Å². The number of aromatic nitrogens is 2. The molecule has 0 spiro atoms. The second-order valence-corrected chi connectivity index (χ2v) is 7.23. The van der Waals surface area contributed by atoms with Gasteiger partial charge in [-0.3, -0.25) is 0 Å². The molecule has 2 rings (SSSR count). The Bertz CT molecular complexity index is 453. The first kappa shape index (κ1) is 14.9. The van der Waals surface area contributed by atoms with E-state index in [1.807, 2.05) is 18.7 Å². The van der Waals surface area contributed by atoms with Crippen LogP contribution in [0.15, 0.2) is 0 Å². The zero-order valence-corrected chi connectivity index (χ0v) is 13.7. The van der Waals surface area contributed by atoms with Gasteiger partial charge in [0.2, 0.25) is 0 Å². The molecule has 5 heteroatoms. The summed E-state index contributed by atoms with van der Waals surface area (Å²) in [6.07, 6.45) is 6.11. The van der Waals surface area contributed by atoms with E-state index in [4.69, 9.17) is 11.6 Å². The van der Waals surface area contributed by atoms with Crippen LogP contribution in [0.25, 0.3) is 0 Å². The average Bonchev–Trinajstić information content (AvgIpc) is 2.32. The third-order valence-corrected chi connectivity index (χ3v) is 5.68. The number of thioether (sulfide) groups is 1. The highest BCUT2D eigenvalue weighted by molar-refractivity contribution is 8.00. The van der Waals surface area contributed by atoms with E-state index in [9.17, 15) is 0 Å². The van der Waals surface area contributed by atoms with Gasteiger partial charge in [0.1, 0.15) is 16.8 Å². The predicted octanol–water partition coefficient (Wildman–Crippen LogP) is 4.26. The van der Waals surface area contributed by atoms with E-state index in [-0.39, 0.29) is 5.92 Å². The summed E-state index contributed by atoms with van der Waals surface area (Å²) in [6, 6.07) is 0. The van der Waals surface area contributed by atoms with Gasteiger partial charge >= 0.3 is 0 Å². The number of anilines is 1. The van der Waals surface area contributed by atoms with Gasteiger partial charge in [-0.2, -0.15) is 11.8 Å². The Morgan fingerprint density at radius 3 is 2.53 bits per heavy atom. The molecule has 0 aliphatic heterocycles. The summed E-state index contributed by atoms with van der Waals surface area (Å²) in [6.45, 7) is 7.10. The fourth-order valence-corrected chi connectivity index (χ4v) is 3.29. The summed E-state index contributed by atoms with van der Waals surface area (Å²) < 4.78 is 0.391. The Kier molecular flexibility index (Phi) is 4.62. The molecule has 1 aliphatic carbocycles. The molecule has 106 valence electrons. The zero-order chi connectivity index (χ0) is 14.0. The molecule has 1 heterocycles. The molecule has 0 aromatic carbocycles. The molecule has 19 heavy (non-hydrogen) atoms. The normalized spacial score (nSPS) is 17.4. The Hall–Kier alpha value is -0.480. The van der Waals surface area contributed by atoms with Gasteiger partial charge in [-0.05, 0) is 26.0 Å². The van der Waals surface area contributed by atoms with Crippen molar-refractivity contribution in [3.63, 3.8) is 0 Å². The predicted molar refractivity (Wildman–Crippen MR) is 84.5 cm³/mol. The van der Waals surface area contributed by atoms with Crippen molar-refractivity contribution in [2.24, 2.45) is 0 Å². The van der Waals surface area contributed by atoms with Gasteiger partial charge in [-0.15, -0.1) is 0 Å². The molecule has 0 saturated heterocycles. The lowest BCUT2D eigenvalue weighted by Gasteiger charge is -2.40. The summed E-state index contributed by atoms with van der Waals surface area (Å²) in [7, 11) is 0. The minimum absolute atomic E-state index is 0.289. The average molecular weight is 300 g/mol. The molecule has 0 atom stereocenters. The third kappa shape index (κ3) is 3.16. The van der Waals surface area contributed by atoms with Crippen LogP contribution in [-0.2, 0) is 0 Å². The van der Waals surface area contributed by atoms with E-state index in [1.165, 1.54) is 19.3 Å². The fourth-order valence-electron chi connectivity index (χ4n) is 2.20. The van der Waals surface area contributed by atoms with Crippen LogP contribution in [0, 0.1) is 6.92 Å². The highest BCUT2D eigenvalue weighted by Gasteiger charge is 2.36. The summed E-state index contributed by atoms with van der Waals surface area (Å²) >= 11 is 8.16. The van der Waals surface area contributed by atoms with Crippen LogP contribution < -0.4 is 5.32 Å². The number of hydrogen-bond donors (Lipinski definition) is 1. The van der Waals surface area contributed by atoms with Crippen LogP contribution in [-0.4, -0.2) is 27.5 Å². The molecule has 1 aromatic rings. The van der Waals surface area contributed by atoms with Gasteiger partial charge in [0.15, 0.2) is 0 Å². The minimum atomic E-state index is 0.289. The second kappa shape index (κ2) is 5.88. The van der Waals surface area contributed by atoms with Gasteiger partial charge in [0.25, 0.3) is 0 Å². The van der Waals surface area contributed by atoms with Crippen molar-refractivity contribution in [3.8, 4) is 0 Å². The molecular weight excluding hydrogens is 278 g/mol. The van der Waals surface area contributed by atoms with E-state index in [0.717, 1.165) is 23.8 Å². The number of nitrogens with one attached hydrogen (secondary N) is 1. The van der Waals surface area contributed by atoms with Gasteiger partial charge in [-0.1, -0.05) is 31.9 Å². The van der Waals surface area contributed by atoms with E-state index in [1.54, 1.807) is 0 Å². The van der Waals surface area contributed by atoms with Crippen molar-refractivity contribution in [3.05, 3.63) is 16.5 Å². The lowest BCUT2D eigenvalue weighted by molar-refractivity contribution is 0.379. The quantitative estimate of drug-likeness (QED) is 0.824. The Labute approximate surface area is 124 Å². The smallest absolute Gasteiger partial charge is 0.137 e. The van der Waals surface area contributed by atoms with Gasteiger partial charge in [-0.25, -0.2) is 9.97 Å². The number of halogens is 1. The fraction of sp³-hybridized carbons (Fsp3) is 0.714. The lowest BCUT2D eigenvalue weighted by atomic mass is 9.84. The molecule has 3 nitrogen and oxygen atoms in total. The van der Waals surface area contributed by atoms with E-state index in [2.05, 4.69) is 35.4 Å². The molecule has 1 N–H and O–H groups in total. The lowest BCUT2D eigenvalue weighted by Crippen LogP contribution is -2.40. The third-order valence-electron chi connectivity index (χ3n) is 3.90. The largest absolute Gasteiger partial charge is 0.368 e. The van der Waals surface area contributed by atoms with Crippen molar-refractivity contribution in [1.82, 2.24) is 9.97 Å². The van der Waals surface area contributed by atoms with E-state index >= 15 is 0 Å². The van der Waals surface area contributed by atoms with Crippen LogP contribution >= 0.6 is 23.4 Å². The summed E-state index contributed by atoms with van der Waals surface area (Å²) in [4.78, 5) is 8.95. The van der Waals surface area contributed by atoms with Crippen LogP contribution in [0.4, 0.5) is 5.82 Å². The standard InChI is InChI=1S/C14H22ClN3S/c1-9(2)12-17-11(15)10(3)13(18-12)16-8-14(19-4)6-5-7-14/h9H,5-8H2,1-4H3,(H,16,17,18). The van der Waals surface area contributed by atoms with Crippen molar-refractivity contribution >= 4 is 29.2 Å². The highest BCUT2D eigenvalue weighted by Crippen LogP contribution is 2.42. The molecule has 1 aromatic heterocycles. The van der Waals surface area contributed by atoms with E-state index in [0.29, 0.717) is 9.90 Å². The molecule has 1 saturated carbocycles. The van der Waals surface area contributed by atoms with Gasteiger partial charge in [0, 0.05) is 22.8 Å². The highest BCUT2D eigenvalue weighted by atomic mass is 35.5. The van der Waals surface area contributed by atoms with Crippen molar-refractivity contribution < 1.29 is 0 Å². The first-order valence-electron chi connectivity index (χ1n) is 6.80. The maximum atomic E-state index is 6.20. The summed E-state index contributed by atoms with van der Waals surface area (Å²) in [5.74, 6) is 1.99. The Morgan fingerprint density at radius 1 is 1.37 bits per heavy atom. The SMILES string of the molecule is CSC1(CNc2nc(C(C)C)nc(Cl)c2C)CCC1. The van der Waals surface area contributed by atoms with Crippen molar-refractivity contribution in [2.75, 3.05) is 18.1 Å². The molecule has 0 unspecified atom stereocenters. The number of hydrogen-bond acceptors (Lipinski definition) is 4. The van der Waals surface area contributed by atoms with Crippen molar-refractivity contribution in [1.29, 1.82) is 0 Å². The maximum absolute atomic E-state index is 6.20. The molecule has 1 fully saturated rings. The molecule has 0 amide bonds. The Balaban J connectivity index is 2.15. The van der Waals surface area contributed by atoms with Gasteiger partial charge in [0.05, 0.1) is 0 Å². The van der Waals surface area contributed by atoms with Crippen molar-refractivity contribution in [2.45, 2.75) is 50.7 Å². The summed E-state index contributed by atoms with van der Waals surface area (Å²) in [5.41, 5.74) is 0.946. The topological polar surface area (TPSA) is 37.8 Å². The number of nitrogens with zero attached hydrogens (tertiary/aromatic N) is 2. The first-order chi connectivity index (χ1) is 8.97. The van der Waals surface area contributed by atoms with Crippen LogP contribution in [0.1, 0.15) is 50.4 Å². The molecule has 0 radical (unpaired) electrons. The maximum Gasteiger partial charge on any atom is 0.137 e. The van der Waals surface area contributed by atoms with Crippen LogP contribution in [0.5, 0.6) is 0 Å². The van der Waals surface area contributed by atoms with Crippen LogP contribution in [0.3, 0.4) is 0 Å². The summed E-state index contributed by atoms with van der Waals surface area (Å²) in [5, 5.41) is 4.05. The Morgan fingerprint density at radius 2 is 2.05 bits per heavy atom. The zero-order valence-electron chi connectivity index (χ0n) is 12.1. The molecule has 1 aliphatic rings. The molecule has 0 bridgehead atoms. The monoisotopic (exact) mass is 299 g/mol.